The summed E-state index contributed by atoms with van der Waals surface area (Å²) in [5.74, 6) is -0.570. The average molecular weight is 360 g/mol. The molecule has 0 fully saturated rings. The predicted molar refractivity (Wildman–Crippen MR) is 77.4 cm³/mol. The van der Waals surface area contributed by atoms with Gasteiger partial charge in [0.25, 0.3) is 0 Å². The number of alkyl halides is 1. The van der Waals surface area contributed by atoms with Crippen LogP contribution in [0.3, 0.4) is 0 Å². The van der Waals surface area contributed by atoms with Gasteiger partial charge in [0.05, 0.1) is 12.0 Å². The van der Waals surface area contributed by atoms with Crippen LogP contribution in [0, 0.1) is 11.6 Å². The lowest BCUT2D eigenvalue weighted by Gasteiger charge is -2.15. The molecular formula is C15H10BrClF2O. The van der Waals surface area contributed by atoms with Gasteiger partial charge in [-0.15, -0.1) is 11.6 Å². The summed E-state index contributed by atoms with van der Waals surface area (Å²) in [6.45, 7) is 0.592. The molecule has 0 aliphatic carbocycles. The van der Waals surface area contributed by atoms with Crippen molar-refractivity contribution in [1.82, 2.24) is 0 Å². The molecule has 0 bridgehead atoms. The zero-order chi connectivity index (χ0) is 14.3. The molecule has 1 unspecified atom stereocenters. The standard InChI is InChI=1S/C15H10BrClF2O/c16-9-5-8-3-4-20-15(8)12(6-9)14(17)11-2-1-10(18)7-13(11)19/h1-2,5-7,14H,3-4H2. The summed E-state index contributed by atoms with van der Waals surface area (Å²) in [5.41, 5.74) is 1.98. The Morgan fingerprint density at radius 2 is 1.95 bits per heavy atom. The van der Waals surface area contributed by atoms with Crippen molar-refractivity contribution in [3.8, 4) is 5.75 Å². The van der Waals surface area contributed by atoms with Gasteiger partial charge < -0.3 is 4.74 Å². The molecule has 0 radical (unpaired) electrons. The van der Waals surface area contributed by atoms with Crippen molar-refractivity contribution in [3.63, 3.8) is 0 Å². The number of rotatable bonds is 2. The normalized spacial score (nSPS) is 14.8. The summed E-state index contributed by atoms with van der Waals surface area (Å²) < 4.78 is 33.3. The molecule has 0 saturated carbocycles. The molecule has 1 aliphatic heterocycles. The highest BCUT2D eigenvalue weighted by Gasteiger charge is 2.25. The lowest BCUT2D eigenvalue weighted by molar-refractivity contribution is 0.353. The maximum absolute atomic E-state index is 13.9. The van der Waals surface area contributed by atoms with E-state index in [2.05, 4.69) is 15.9 Å². The van der Waals surface area contributed by atoms with E-state index in [1.54, 1.807) is 0 Å². The molecule has 20 heavy (non-hydrogen) atoms. The Hall–Kier alpha value is -1.13. The van der Waals surface area contributed by atoms with Crippen molar-refractivity contribution < 1.29 is 13.5 Å². The fourth-order valence-electron chi connectivity index (χ4n) is 2.36. The first kappa shape index (κ1) is 13.8. The Balaban J connectivity index is 2.09. The maximum Gasteiger partial charge on any atom is 0.131 e. The van der Waals surface area contributed by atoms with Gasteiger partial charge in [-0.05, 0) is 23.8 Å². The lowest BCUT2D eigenvalue weighted by atomic mass is 10.00. The second-order valence-electron chi connectivity index (χ2n) is 4.61. The third-order valence-electron chi connectivity index (χ3n) is 3.29. The van der Waals surface area contributed by atoms with E-state index in [0.717, 1.165) is 22.5 Å². The molecule has 1 aliphatic rings. The molecule has 0 aromatic heterocycles. The molecule has 1 nitrogen and oxygen atoms in total. The summed E-state index contributed by atoms with van der Waals surface area (Å²) in [7, 11) is 0. The Bertz CT molecular complexity index is 675. The van der Waals surface area contributed by atoms with Gasteiger partial charge in [-0.3, -0.25) is 0 Å². The lowest BCUT2D eigenvalue weighted by Crippen LogP contribution is -2.00. The molecule has 0 N–H and O–H groups in total. The first-order valence-electron chi connectivity index (χ1n) is 6.10. The second kappa shape index (κ2) is 5.34. The number of benzene rings is 2. The van der Waals surface area contributed by atoms with Crippen molar-refractivity contribution >= 4 is 27.5 Å². The summed E-state index contributed by atoms with van der Waals surface area (Å²) in [5, 5.41) is -0.722. The van der Waals surface area contributed by atoms with Crippen LogP contribution in [0.25, 0.3) is 0 Å². The molecule has 104 valence electrons. The van der Waals surface area contributed by atoms with Crippen molar-refractivity contribution in [2.45, 2.75) is 11.8 Å². The van der Waals surface area contributed by atoms with Crippen LogP contribution in [-0.4, -0.2) is 6.61 Å². The second-order valence-corrected chi connectivity index (χ2v) is 5.96. The van der Waals surface area contributed by atoms with E-state index in [9.17, 15) is 8.78 Å². The third kappa shape index (κ3) is 2.42. The van der Waals surface area contributed by atoms with E-state index in [4.69, 9.17) is 16.3 Å². The van der Waals surface area contributed by atoms with Gasteiger partial charge in [0.2, 0.25) is 0 Å². The van der Waals surface area contributed by atoms with Gasteiger partial charge in [-0.2, -0.15) is 0 Å². The van der Waals surface area contributed by atoms with Gasteiger partial charge >= 0.3 is 0 Å². The summed E-state index contributed by atoms with van der Waals surface area (Å²) >= 11 is 9.80. The predicted octanol–water partition coefficient (Wildman–Crippen LogP) is 4.99. The molecule has 2 aromatic rings. The van der Waals surface area contributed by atoms with Crippen LogP contribution >= 0.6 is 27.5 Å². The van der Waals surface area contributed by atoms with Gasteiger partial charge in [0.1, 0.15) is 17.4 Å². The fraction of sp³-hybridized carbons (Fsp3) is 0.200. The first-order valence-corrected chi connectivity index (χ1v) is 7.33. The Morgan fingerprint density at radius 3 is 2.70 bits per heavy atom. The monoisotopic (exact) mass is 358 g/mol. The van der Waals surface area contributed by atoms with E-state index in [0.29, 0.717) is 17.9 Å². The maximum atomic E-state index is 13.9. The van der Waals surface area contributed by atoms with Crippen LogP contribution < -0.4 is 4.74 Å². The topological polar surface area (TPSA) is 9.23 Å². The smallest absolute Gasteiger partial charge is 0.131 e. The Labute approximate surface area is 128 Å². The highest BCUT2D eigenvalue weighted by Crippen LogP contribution is 2.42. The quantitative estimate of drug-likeness (QED) is 0.686. The van der Waals surface area contributed by atoms with E-state index in [1.165, 1.54) is 12.1 Å². The number of halogens is 4. The minimum absolute atomic E-state index is 0.240. The summed E-state index contributed by atoms with van der Waals surface area (Å²) in [6, 6.07) is 7.18. The van der Waals surface area contributed by atoms with Crippen LogP contribution in [0.2, 0.25) is 0 Å². The molecular weight excluding hydrogens is 350 g/mol. The van der Waals surface area contributed by atoms with E-state index in [1.807, 2.05) is 12.1 Å². The number of fused-ring (bicyclic) bond motifs is 1. The number of hydrogen-bond acceptors (Lipinski definition) is 1. The Morgan fingerprint density at radius 1 is 1.15 bits per heavy atom. The SMILES string of the molecule is Fc1ccc(C(Cl)c2cc(Br)cc3c2OCC3)c(F)c1. The van der Waals surface area contributed by atoms with Crippen molar-refractivity contribution in [2.24, 2.45) is 0 Å². The third-order valence-corrected chi connectivity index (χ3v) is 4.21. The van der Waals surface area contributed by atoms with E-state index in [-0.39, 0.29) is 5.56 Å². The Kier molecular flexibility index (Phi) is 3.69. The molecule has 0 spiro atoms. The summed E-state index contributed by atoms with van der Waals surface area (Å²) in [4.78, 5) is 0. The fourth-order valence-corrected chi connectivity index (χ4v) is 3.22. The van der Waals surface area contributed by atoms with Crippen molar-refractivity contribution in [3.05, 3.63) is 63.1 Å². The van der Waals surface area contributed by atoms with Crippen molar-refractivity contribution in [2.75, 3.05) is 6.61 Å². The minimum atomic E-state index is -0.722. The highest BCUT2D eigenvalue weighted by atomic mass is 79.9. The van der Waals surface area contributed by atoms with Gasteiger partial charge in [0, 0.05) is 28.1 Å². The minimum Gasteiger partial charge on any atom is -0.493 e. The number of hydrogen-bond donors (Lipinski definition) is 0. The number of ether oxygens (including phenoxy) is 1. The molecule has 1 atom stereocenters. The van der Waals surface area contributed by atoms with Crippen LogP contribution in [-0.2, 0) is 6.42 Å². The van der Waals surface area contributed by atoms with Crippen LogP contribution in [0.5, 0.6) is 5.75 Å². The molecule has 2 aromatic carbocycles. The molecule has 3 rings (SSSR count). The van der Waals surface area contributed by atoms with Gasteiger partial charge in [-0.1, -0.05) is 22.0 Å². The highest BCUT2D eigenvalue weighted by molar-refractivity contribution is 9.10. The zero-order valence-corrected chi connectivity index (χ0v) is 12.6. The molecule has 0 saturated heterocycles. The molecule has 5 heteroatoms. The first-order chi connectivity index (χ1) is 9.56. The molecule has 0 amide bonds. The average Bonchev–Trinajstić information content (AvgIpc) is 2.85. The van der Waals surface area contributed by atoms with E-state index >= 15 is 0 Å². The van der Waals surface area contributed by atoms with Crippen molar-refractivity contribution in [1.29, 1.82) is 0 Å². The van der Waals surface area contributed by atoms with Crippen LogP contribution in [0.15, 0.2) is 34.8 Å². The van der Waals surface area contributed by atoms with Gasteiger partial charge in [0.15, 0.2) is 0 Å². The molecule has 1 heterocycles. The van der Waals surface area contributed by atoms with Gasteiger partial charge in [-0.25, -0.2) is 8.78 Å². The zero-order valence-electron chi connectivity index (χ0n) is 10.3. The summed E-state index contributed by atoms with van der Waals surface area (Å²) in [6.07, 6.45) is 0.803. The largest absolute Gasteiger partial charge is 0.493 e. The van der Waals surface area contributed by atoms with Crippen LogP contribution in [0.4, 0.5) is 8.78 Å². The van der Waals surface area contributed by atoms with E-state index < -0.39 is 17.0 Å². The van der Waals surface area contributed by atoms with Crippen LogP contribution in [0.1, 0.15) is 22.1 Å².